The summed E-state index contributed by atoms with van der Waals surface area (Å²) < 4.78 is 0. The zero-order valence-corrected chi connectivity index (χ0v) is 21.4. The monoisotopic (exact) mass is 488 g/mol. The van der Waals surface area contributed by atoms with Gasteiger partial charge in [-0.15, -0.1) is 0 Å². The second kappa shape index (κ2) is 16.4. The largest absolute Gasteiger partial charge is 0.392 e. The van der Waals surface area contributed by atoms with E-state index in [1.807, 2.05) is 9.80 Å². The van der Waals surface area contributed by atoms with Gasteiger partial charge in [0.1, 0.15) is 12.1 Å². The van der Waals surface area contributed by atoms with E-state index in [1.165, 1.54) is 0 Å². The van der Waals surface area contributed by atoms with Crippen molar-refractivity contribution in [3.63, 3.8) is 0 Å². The molecule has 10 heteroatoms. The lowest BCUT2D eigenvalue weighted by atomic mass is 10.0. The summed E-state index contributed by atoms with van der Waals surface area (Å²) in [6.45, 7) is 10.2. The van der Waals surface area contributed by atoms with Gasteiger partial charge in [-0.3, -0.25) is 19.4 Å². The first kappa shape index (κ1) is 30.7. The normalized spacial score (nSPS) is 22.4. The van der Waals surface area contributed by atoms with Crippen LogP contribution in [0, 0.1) is 0 Å². The zero-order chi connectivity index (χ0) is 25.7. The number of rotatable bonds is 18. The molecule has 0 bridgehead atoms. The maximum Gasteiger partial charge on any atom is 0.243 e. The van der Waals surface area contributed by atoms with Crippen LogP contribution in [0.5, 0.6) is 0 Å². The van der Waals surface area contributed by atoms with E-state index in [2.05, 4.69) is 10.6 Å². The number of hydrogen-bond donors (Lipinski definition) is 6. The van der Waals surface area contributed by atoms with Gasteiger partial charge in [-0.1, -0.05) is 0 Å². The Morgan fingerprint density at radius 2 is 0.912 bits per heavy atom. The molecule has 0 unspecified atom stereocenters. The average Bonchev–Trinajstić information content (AvgIpc) is 2.69. The molecule has 6 atom stereocenters. The van der Waals surface area contributed by atoms with Crippen LogP contribution in [0.2, 0.25) is 0 Å². The first-order valence-electron chi connectivity index (χ1n) is 12.8. The van der Waals surface area contributed by atoms with E-state index in [4.69, 9.17) is 0 Å². The summed E-state index contributed by atoms with van der Waals surface area (Å²) in [5, 5.41) is 44.1. The molecule has 2 amide bonds. The van der Waals surface area contributed by atoms with Crippen molar-refractivity contribution < 1.29 is 30.0 Å². The molecule has 0 spiro atoms. The minimum absolute atomic E-state index is 0.153. The lowest BCUT2D eigenvalue weighted by Gasteiger charge is -2.30. The first-order valence-corrected chi connectivity index (χ1v) is 12.8. The fraction of sp³-hybridized carbons (Fsp3) is 0.917. The Balaban J connectivity index is 2.34. The van der Waals surface area contributed by atoms with Crippen LogP contribution in [0.15, 0.2) is 0 Å². The number of carbonyl (C=O) groups is 2. The van der Waals surface area contributed by atoms with Crippen molar-refractivity contribution in [1.82, 2.24) is 20.4 Å². The van der Waals surface area contributed by atoms with Gasteiger partial charge in [0.25, 0.3) is 0 Å². The highest BCUT2D eigenvalue weighted by Crippen LogP contribution is 2.12. The molecule has 1 fully saturated rings. The van der Waals surface area contributed by atoms with E-state index < -0.39 is 36.5 Å². The predicted octanol–water partition coefficient (Wildman–Crippen LogP) is -0.563. The molecule has 1 aliphatic rings. The fourth-order valence-corrected chi connectivity index (χ4v) is 4.46. The molecule has 1 saturated heterocycles. The Kier molecular flexibility index (Phi) is 14.8. The SMILES string of the molecule is C[C@H](O)CN(CCCC[C@@H]1NC(=O)[C@@H](CCCCN(C[C@@H](C)O)C[C@@H](C)O)NC1=O)C[C@@H](C)O. The van der Waals surface area contributed by atoms with Crippen molar-refractivity contribution >= 4 is 11.8 Å². The summed E-state index contributed by atoms with van der Waals surface area (Å²) in [5.41, 5.74) is 0. The number of carbonyl (C=O) groups excluding carboxylic acids is 2. The maximum absolute atomic E-state index is 12.5. The van der Waals surface area contributed by atoms with Gasteiger partial charge in [0, 0.05) is 26.2 Å². The van der Waals surface area contributed by atoms with Gasteiger partial charge in [0.2, 0.25) is 11.8 Å². The molecule has 200 valence electrons. The Hall–Kier alpha value is -1.30. The number of unbranched alkanes of at least 4 members (excludes halogenated alkanes) is 2. The van der Waals surface area contributed by atoms with E-state index in [0.717, 1.165) is 25.7 Å². The van der Waals surface area contributed by atoms with Crippen molar-refractivity contribution in [1.29, 1.82) is 0 Å². The van der Waals surface area contributed by atoms with Crippen LogP contribution in [0.4, 0.5) is 0 Å². The second-order valence-corrected chi connectivity index (χ2v) is 10.0. The molecule has 10 nitrogen and oxygen atoms in total. The maximum atomic E-state index is 12.5. The lowest BCUT2D eigenvalue weighted by Crippen LogP contribution is -2.61. The van der Waals surface area contributed by atoms with Crippen molar-refractivity contribution in [2.75, 3.05) is 39.3 Å². The molecular formula is C24H48N4O6. The van der Waals surface area contributed by atoms with E-state index in [0.29, 0.717) is 52.1 Å². The van der Waals surface area contributed by atoms with E-state index in [-0.39, 0.29) is 11.8 Å². The molecular weight excluding hydrogens is 440 g/mol. The van der Waals surface area contributed by atoms with Crippen LogP contribution in [-0.4, -0.2) is 118 Å². The molecule has 1 rings (SSSR count). The highest BCUT2D eigenvalue weighted by molar-refractivity contribution is 5.96. The minimum atomic E-state index is -0.529. The average molecular weight is 489 g/mol. The van der Waals surface area contributed by atoms with E-state index in [9.17, 15) is 30.0 Å². The van der Waals surface area contributed by atoms with Gasteiger partial charge < -0.3 is 31.1 Å². The summed E-state index contributed by atoms with van der Waals surface area (Å²) in [6, 6.07) is -1.06. The highest BCUT2D eigenvalue weighted by atomic mass is 16.3. The number of piperazine rings is 1. The van der Waals surface area contributed by atoms with Crippen LogP contribution in [0.3, 0.4) is 0 Å². The molecule has 1 aliphatic heterocycles. The van der Waals surface area contributed by atoms with E-state index >= 15 is 0 Å². The summed E-state index contributed by atoms with van der Waals surface area (Å²) in [6.07, 6.45) is 2.32. The third-order valence-electron chi connectivity index (χ3n) is 5.79. The van der Waals surface area contributed by atoms with Crippen LogP contribution in [0.1, 0.15) is 66.2 Å². The number of amides is 2. The van der Waals surface area contributed by atoms with Crippen molar-refractivity contribution in [2.24, 2.45) is 0 Å². The molecule has 0 aromatic rings. The molecule has 0 saturated carbocycles. The van der Waals surface area contributed by atoms with Gasteiger partial charge in [-0.2, -0.15) is 0 Å². The third-order valence-corrected chi connectivity index (χ3v) is 5.79. The van der Waals surface area contributed by atoms with Crippen LogP contribution >= 0.6 is 0 Å². The Morgan fingerprint density at radius 1 is 0.618 bits per heavy atom. The van der Waals surface area contributed by atoms with Gasteiger partial charge in [0.15, 0.2) is 0 Å². The highest BCUT2D eigenvalue weighted by Gasteiger charge is 2.32. The fourth-order valence-electron chi connectivity index (χ4n) is 4.46. The first-order chi connectivity index (χ1) is 16.0. The van der Waals surface area contributed by atoms with E-state index in [1.54, 1.807) is 27.7 Å². The number of aliphatic hydroxyl groups is 4. The second-order valence-electron chi connectivity index (χ2n) is 10.0. The summed E-state index contributed by atoms with van der Waals surface area (Å²) in [7, 11) is 0. The summed E-state index contributed by atoms with van der Waals surface area (Å²) >= 11 is 0. The van der Waals surface area contributed by atoms with Crippen molar-refractivity contribution in [3.8, 4) is 0 Å². The van der Waals surface area contributed by atoms with Gasteiger partial charge >= 0.3 is 0 Å². The number of aliphatic hydroxyl groups excluding tert-OH is 4. The molecule has 6 N–H and O–H groups in total. The molecule has 1 heterocycles. The Morgan fingerprint density at radius 3 is 1.18 bits per heavy atom. The smallest absolute Gasteiger partial charge is 0.243 e. The lowest BCUT2D eigenvalue weighted by molar-refractivity contribution is -0.137. The Bertz CT molecular complexity index is 518. The molecule has 0 radical (unpaired) electrons. The summed E-state index contributed by atoms with van der Waals surface area (Å²) in [4.78, 5) is 29.0. The van der Waals surface area contributed by atoms with Crippen LogP contribution in [0.25, 0.3) is 0 Å². The molecule has 34 heavy (non-hydrogen) atoms. The molecule has 0 aromatic heterocycles. The Labute approximate surface area is 204 Å². The van der Waals surface area contributed by atoms with Crippen LogP contribution < -0.4 is 10.6 Å². The van der Waals surface area contributed by atoms with Gasteiger partial charge in [-0.05, 0) is 79.3 Å². The number of nitrogens with one attached hydrogen (secondary N) is 2. The quantitative estimate of drug-likeness (QED) is 0.141. The number of hydrogen-bond acceptors (Lipinski definition) is 8. The van der Waals surface area contributed by atoms with Gasteiger partial charge in [-0.25, -0.2) is 0 Å². The van der Waals surface area contributed by atoms with Crippen molar-refractivity contribution in [2.45, 2.75) is 103 Å². The third kappa shape index (κ3) is 13.6. The standard InChI is InChI=1S/C24H48N4O6/c1-17(29)13-27(14-18(2)30)11-7-5-9-21-23(33)26-22(24(34)25-21)10-6-8-12-28(15-19(3)31)16-20(4)32/h17-22,29-32H,5-16H2,1-4H3,(H,25,34)(H,26,33)/t17-,18-,19-,20+,21-,22+/m1/s1. The van der Waals surface area contributed by atoms with Crippen LogP contribution in [-0.2, 0) is 9.59 Å². The summed E-state index contributed by atoms with van der Waals surface area (Å²) in [5.74, 6) is -0.307. The predicted molar refractivity (Wildman–Crippen MR) is 131 cm³/mol. The minimum Gasteiger partial charge on any atom is -0.392 e. The zero-order valence-electron chi connectivity index (χ0n) is 21.4. The van der Waals surface area contributed by atoms with Gasteiger partial charge in [0.05, 0.1) is 24.4 Å². The number of nitrogens with zero attached hydrogens (tertiary/aromatic N) is 2. The molecule has 0 aromatic carbocycles. The molecule has 0 aliphatic carbocycles. The van der Waals surface area contributed by atoms with Crippen molar-refractivity contribution in [3.05, 3.63) is 0 Å². The topological polar surface area (TPSA) is 146 Å².